The van der Waals surface area contributed by atoms with Gasteiger partial charge in [0.1, 0.15) is 17.7 Å². The first kappa shape index (κ1) is 25.9. The minimum Gasteiger partial charge on any atom is -0.496 e. The largest absolute Gasteiger partial charge is 0.496 e. The maximum Gasteiger partial charge on any atom is 0.255 e. The number of anilines is 1. The van der Waals surface area contributed by atoms with Crippen molar-refractivity contribution in [2.75, 3.05) is 39.6 Å². The van der Waals surface area contributed by atoms with Gasteiger partial charge in [-0.1, -0.05) is 11.6 Å². The minimum atomic E-state index is -1.19. The number of benzene rings is 2. The Kier molecular flexibility index (Phi) is 8.84. The van der Waals surface area contributed by atoms with Gasteiger partial charge in [0.25, 0.3) is 5.91 Å². The normalized spacial score (nSPS) is 19.4. The maximum absolute atomic E-state index is 13.1. The Morgan fingerprint density at radius 2 is 2.00 bits per heavy atom. The number of hydrogen-bond acceptors (Lipinski definition) is 7. The molecule has 0 aromatic heterocycles. The number of halogens is 2. The number of aliphatic hydroxyl groups is 1. The SMILES string of the molecule is COc1cc(N)c(Cl)cc1C(=O)NC1CCN(CCC(O)C(=O)c2ccc(F)cc2)CC1OC. The smallest absolute Gasteiger partial charge is 0.255 e. The predicted octanol–water partition coefficient (Wildman–Crippen LogP) is 2.52. The molecule has 10 heteroatoms. The molecule has 0 bridgehead atoms. The number of piperidine rings is 1. The number of carbonyl (C=O) groups is 2. The summed E-state index contributed by atoms with van der Waals surface area (Å²) in [6, 6.07) is 7.83. The zero-order valence-corrected chi connectivity index (χ0v) is 19.8. The van der Waals surface area contributed by atoms with E-state index in [1.54, 1.807) is 7.11 Å². The number of nitrogens with zero attached hydrogens (tertiary/aromatic N) is 1. The van der Waals surface area contributed by atoms with Crippen molar-refractivity contribution in [3.63, 3.8) is 0 Å². The molecule has 1 fully saturated rings. The first-order valence-electron chi connectivity index (χ1n) is 10.9. The third-order valence-corrected chi connectivity index (χ3v) is 6.30. The number of ether oxygens (including phenoxy) is 2. The van der Waals surface area contributed by atoms with E-state index >= 15 is 0 Å². The Morgan fingerprint density at radius 1 is 1.29 bits per heavy atom. The lowest BCUT2D eigenvalue weighted by Crippen LogP contribution is -2.55. The van der Waals surface area contributed by atoms with Crippen LogP contribution in [0.5, 0.6) is 5.75 Å². The second kappa shape index (κ2) is 11.6. The third kappa shape index (κ3) is 6.24. The average molecular weight is 494 g/mol. The van der Waals surface area contributed by atoms with Gasteiger partial charge in [-0.25, -0.2) is 4.39 Å². The van der Waals surface area contributed by atoms with Gasteiger partial charge < -0.3 is 30.5 Å². The highest BCUT2D eigenvalue weighted by molar-refractivity contribution is 6.33. The Hall–Kier alpha value is -2.72. The van der Waals surface area contributed by atoms with Gasteiger partial charge in [-0.3, -0.25) is 9.59 Å². The third-order valence-electron chi connectivity index (χ3n) is 5.98. The van der Waals surface area contributed by atoms with E-state index in [0.717, 1.165) is 0 Å². The zero-order valence-electron chi connectivity index (χ0n) is 19.1. The van der Waals surface area contributed by atoms with Gasteiger partial charge in [0, 0.05) is 38.4 Å². The fourth-order valence-corrected chi connectivity index (χ4v) is 4.16. The molecule has 0 saturated carbocycles. The van der Waals surface area contributed by atoms with Crippen molar-refractivity contribution in [2.45, 2.75) is 31.1 Å². The molecule has 2 aromatic carbocycles. The molecule has 4 N–H and O–H groups in total. The summed E-state index contributed by atoms with van der Waals surface area (Å²) in [4.78, 5) is 27.3. The van der Waals surface area contributed by atoms with Gasteiger partial charge in [0.05, 0.1) is 35.5 Å². The van der Waals surface area contributed by atoms with Gasteiger partial charge >= 0.3 is 0 Å². The molecule has 1 amide bonds. The Balaban J connectivity index is 1.55. The van der Waals surface area contributed by atoms with Crippen LogP contribution in [0.3, 0.4) is 0 Å². The van der Waals surface area contributed by atoms with Crippen molar-refractivity contribution in [1.82, 2.24) is 10.2 Å². The molecule has 1 aliphatic heterocycles. The lowest BCUT2D eigenvalue weighted by atomic mass is 9.99. The van der Waals surface area contributed by atoms with E-state index in [-0.39, 0.29) is 40.6 Å². The molecule has 184 valence electrons. The molecular formula is C24H29ClFN3O5. The summed E-state index contributed by atoms with van der Waals surface area (Å²) < 4.78 is 23.9. The quantitative estimate of drug-likeness (QED) is 0.363. The Bertz CT molecular complexity index is 1020. The lowest BCUT2D eigenvalue weighted by Gasteiger charge is -2.38. The summed E-state index contributed by atoms with van der Waals surface area (Å²) >= 11 is 6.08. The number of amides is 1. The number of nitrogens with one attached hydrogen (secondary N) is 1. The van der Waals surface area contributed by atoms with Crippen LogP contribution >= 0.6 is 11.6 Å². The zero-order chi connectivity index (χ0) is 24.8. The van der Waals surface area contributed by atoms with Gasteiger partial charge in [-0.2, -0.15) is 0 Å². The number of likely N-dealkylation sites (tertiary alicyclic amines) is 1. The molecule has 1 heterocycles. The molecular weight excluding hydrogens is 465 g/mol. The van der Waals surface area contributed by atoms with Crippen molar-refractivity contribution in [3.8, 4) is 5.75 Å². The number of carbonyl (C=O) groups excluding carboxylic acids is 2. The second-order valence-electron chi connectivity index (χ2n) is 8.19. The van der Waals surface area contributed by atoms with Crippen LogP contribution in [-0.2, 0) is 4.74 Å². The topological polar surface area (TPSA) is 114 Å². The Labute approximate surface area is 202 Å². The molecule has 0 radical (unpaired) electrons. The van der Waals surface area contributed by atoms with E-state index in [4.69, 9.17) is 26.8 Å². The molecule has 34 heavy (non-hydrogen) atoms. The highest BCUT2D eigenvalue weighted by atomic mass is 35.5. The van der Waals surface area contributed by atoms with Crippen molar-refractivity contribution >= 4 is 29.0 Å². The summed E-state index contributed by atoms with van der Waals surface area (Å²) in [6.07, 6.45) is -0.647. The maximum atomic E-state index is 13.1. The fraction of sp³-hybridized carbons (Fsp3) is 0.417. The monoisotopic (exact) mass is 493 g/mol. The summed E-state index contributed by atoms with van der Waals surface area (Å²) in [5.41, 5.74) is 6.66. The number of hydrogen-bond donors (Lipinski definition) is 3. The van der Waals surface area contributed by atoms with E-state index in [1.807, 2.05) is 0 Å². The van der Waals surface area contributed by atoms with Crippen LogP contribution in [0.25, 0.3) is 0 Å². The molecule has 8 nitrogen and oxygen atoms in total. The van der Waals surface area contributed by atoms with E-state index in [0.29, 0.717) is 37.5 Å². The summed E-state index contributed by atoms with van der Waals surface area (Å²) in [7, 11) is 3.02. The van der Waals surface area contributed by atoms with E-state index in [2.05, 4.69) is 10.2 Å². The first-order valence-corrected chi connectivity index (χ1v) is 11.3. The predicted molar refractivity (Wildman–Crippen MR) is 127 cm³/mol. The van der Waals surface area contributed by atoms with Crippen LogP contribution in [0.4, 0.5) is 10.1 Å². The van der Waals surface area contributed by atoms with E-state index < -0.39 is 17.7 Å². The van der Waals surface area contributed by atoms with Gasteiger partial charge in [0.15, 0.2) is 5.78 Å². The van der Waals surface area contributed by atoms with Crippen LogP contribution in [0.15, 0.2) is 36.4 Å². The molecule has 3 atom stereocenters. The van der Waals surface area contributed by atoms with Crippen LogP contribution in [0.1, 0.15) is 33.6 Å². The van der Waals surface area contributed by atoms with Crippen LogP contribution in [-0.4, -0.2) is 73.8 Å². The number of ketones is 1. The van der Waals surface area contributed by atoms with Gasteiger partial charge in [-0.05, 0) is 43.2 Å². The summed E-state index contributed by atoms with van der Waals surface area (Å²) in [5, 5.41) is 13.5. The Morgan fingerprint density at radius 3 is 2.65 bits per heavy atom. The van der Waals surface area contributed by atoms with Crippen LogP contribution in [0, 0.1) is 5.82 Å². The van der Waals surface area contributed by atoms with E-state index in [1.165, 1.54) is 43.5 Å². The summed E-state index contributed by atoms with van der Waals surface area (Å²) in [5.74, 6) is -0.906. The molecule has 0 aliphatic carbocycles. The van der Waals surface area contributed by atoms with Crippen LogP contribution in [0.2, 0.25) is 5.02 Å². The van der Waals surface area contributed by atoms with E-state index in [9.17, 15) is 19.1 Å². The van der Waals surface area contributed by atoms with Crippen molar-refractivity contribution in [2.24, 2.45) is 0 Å². The number of methoxy groups -OCH3 is 2. The standard InChI is InChI=1S/C24H29ClFN3O5/c1-33-21-12-18(27)17(25)11-16(21)24(32)28-19-7-9-29(13-22(19)34-2)10-8-20(30)23(31)14-3-5-15(26)6-4-14/h3-6,11-12,19-20,22,30H,7-10,13,27H2,1-2H3,(H,28,32). The number of nitrogens with two attached hydrogens (primary N) is 1. The summed E-state index contributed by atoms with van der Waals surface area (Å²) in [6.45, 7) is 1.62. The van der Waals surface area contributed by atoms with Crippen LogP contribution < -0.4 is 15.8 Å². The second-order valence-corrected chi connectivity index (χ2v) is 8.60. The van der Waals surface area contributed by atoms with Gasteiger partial charge in [-0.15, -0.1) is 0 Å². The number of aliphatic hydroxyl groups excluding tert-OH is 1. The molecule has 1 saturated heterocycles. The highest BCUT2D eigenvalue weighted by Gasteiger charge is 2.32. The first-order chi connectivity index (χ1) is 16.2. The van der Waals surface area contributed by atoms with Crippen molar-refractivity contribution in [1.29, 1.82) is 0 Å². The van der Waals surface area contributed by atoms with Crippen molar-refractivity contribution in [3.05, 3.63) is 58.4 Å². The molecule has 3 rings (SSSR count). The number of nitrogen functional groups attached to an aromatic ring is 1. The average Bonchev–Trinajstić information content (AvgIpc) is 2.84. The molecule has 1 aliphatic rings. The number of rotatable bonds is 9. The minimum absolute atomic E-state index is 0.227. The highest BCUT2D eigenvalue weighted by Crippen LogP contribution is 2.29. The van der Waals surface area contributed by atoms with Gasteiger partial charge in [0.2, 0.25) is 0 Å². The lowest BCUT2D eigenvalue weighted by molar-refractivity contribution is 0.00285. The molecule has 0 spiro atoms. The number of Topliss-reactive ketones (excluding diaryl/α,β-unsaturated/α-hetero) is 1. The fourth-order valence-electron chi connectivity index (χ4n) is 3.99. The van der Waals surface area contributed by atoms with Crippen molar-refractivity contribution < 1.29 is 28.6 Å². The molecule has 2 aromatic rings. The molecule has 3 unspecified atom stereocenters.